The van der Waals surface area contributed by atoms with Crippen LogP contribution in [0.4, 0.5) is 0 Å². The molecule has 0 aliphatic heterocycles. The molecule has 0 saturated heterocycles. The van der Waals surface area contributed by atoms with Crippen molar-refractivity contribution in [3.8, 4) is 5.75 Å². The average Bonchev–Trinajstić information content (AvgIpc) is 2.51. The number of likely N-dealkylation sites (N-methyl/N-ethyl adjacent to an activating group) is 1. The topological polar surface area (TPSA) is 30.5 Å². The van der Waals surface area contributed by atoms with Crippen LogP contribution >= 0.6 is 0 Å². The van der Waals surface area contributed by atoms with Crippen molar-refractivity contribution < 1.29 is 9.47 Å². The molecule has 1 unspecified atom stereocenters. The molecular weight excluding hydrogens is 250 g/mol. The molecule has 0 bridgehead atoms. The van der Waals surface area contributed by atoms with Gasteiger partial charge in [0.25, 0.3) is 0 Å². The molecule has 0 aliphatic carbocycles. The highest BCUT2D eigenvalue weighted by Crippen LogP contribution is 2.38. The lowest BCUT2D eigenvalue weighted by atomic mass is 9.83. The molecule has 0 aromatic heterocycles. The van der Waals surface area contributed by atoms with Crippen LogP contribution in [-0.2, 0) is 4.74 Å². The first-order chi connectivity index (χ1) is 9.68. The molecule has 0 spiro atoms. The molecular formula is C17H29NO2. The molecule has 0 radical (unpaired) electrons. The Labute approximate surface area is 123 Å². The Bertz CT molecular complexity index is 380. The van der Waals surface area contributed by atoms with Crippen LogP contribution < -0.4 is 10.1 Å². The number of para-hydroxylation sites is 1. The Kier molecular flexibility index (Phi) is 7.03. The second kappa shape index (κ2) is 8.28. The van der Waals surface area contributed by atoms with Crippen LogP contribution in [0, 0.1) is 0 Å². The lowest BCUT2D eigenvalue weighted by molar-refractivity contribution is -0.0473. The summed E-state index contributed by atoms with van der Waals surface area (Å²) < 4.78 is 11.8. The summed E-state index contributed by atoms with van der Waals surface area (Å²) in [6.07, 6.45) is 2.91. The Morgan fingerprint density at radius 3 is 2.30 bits per heavy atom. The van der Waals surface area contributed by atoms with E-state index < -0.39 is 0 Å². The van der Waals surface area contributed by atoms with E-state index in [0.717, 1.165) is 31.6 Å². The van der Waals surface area contributed by atoms with Crippen molar-refractivity contribution in [3.63, 3.8) is 0 Å². The molecule has 0 amide bonds. The van der Waals surface area contributed by atoms with Gasteiger partial charge in [-0.2, -0.15) is 0 Å². The first kappa shape index (κ1) is 17.0. The molecule has 1 rings (SSSR count). The largest absolute Gasteiger partial charge is 0.493 e. The molecule has 1 aromatic carbocycles. The van der Waals surface area contributed by atoms with E-state index in [1.54, 1.807) is 7.11 Å². The minimum Gasteiger partial charge on any atom is -0.493 e. The molecule has 20 heavy (non-hydrogen) atoms. The highest BCUT2D eigenvalue weighted by atomic mass is 16.5. The normalized spacial score (nSPS) is 13.2. The summed E-state index contributed by atoms with van der Waals surface area (Å²) in [5, 5.41) is 3.42. The predicted molar refractivity (Wildman–Crippen MR) is 84.4 cm³/mol. The fourth-order valence-corrected chi connectivity index (χ4v) is 2.83. The molecule has 1 N–H and O–H groups in total. The number of rotatable bonds is 9. The van der Waals surface area contributed by atoms with Crippen LogP contribution in [0.3, 0.4) is 0 Å². The summed E-state index contributed by atoms with van der Waals surface area (Å²) in [6.45, 7) is 7.21. The molecule has 3 nitrogen and oxygen atoms in total. The van der Waals surface area contributed by atoms with Crippen LogP contribution in [0.5, 0.6) is 5.75 Å². The maximum Gasteiger partial charge on any atom is 0.124 e. The minimum absolute atomic E-state index is 0.121. The van der Waals surface area contributed by atoms with Crippen molar-refractivity contribution in [1.82, 2.24) is 5.32 Å². The predicted octanol–water partition coefficient (Wildman–Crippen LogP) is 3.94. The maximum atomic E-state index is 5.90. The number of benzene rings is 1. The van der Waals surface area contributed by atoms with E-state index in [-0.39, 0.29) is 11.6 Å². The van der Waals surface area contributed by atoms with E-state index >= 15 is 0 Å². The molecule has 114 valence electrons. The van der Waals surface area contributed by atoms with Crippen molar-refractivity contribution in [3.05, 3.63) is 29.8 Å². The zero-order chi connectivity index (χ0) is 15.0. The highest BCUT2D eigenvalue weighted by molar-refractivity contribution is 5.37. The van der Waals surface area contributed by atoms with Crippen LogP contribution in [0.1, 0.15) is 51.6 Å². The zero-order valence-corrected chi connectivity index (χ0v) is 13.5. The smallest absolute Gasteiger partial charge is 0.124 e. The van der Waals surface area contributed by atoms with E-state index in [4.69, 9.17) is 9.47 Å². The lowest BCUT2D eigenvalue weighted by Crippen LogP contribution is -2.43. The summed E-state index contributed by atoms with van der Waals surface area (Å²) in [5.41, 5.74) is 0.967. The van der Waals surface area contributed by atoms with E-state index in [0.29, 0.717) is 0 Å². The Morgan fingerprint density at radius 2 is 1.80 bits per heavy atom. The van der Waals surface area contributed by atoms with Gasteiger partial charge >= 0.3 is 0 Å². The summed E-state index contributed by atoms with van der Waals surface area (Å²) >= 11 is 0. The van der Waals surface area contributed by atoms with E-state index in [9.17, 15) is 0 Å². The summed E-state index contributed by atoms with van der Waals surface area (Å²) in [4.78, 5) is 0. The zero-order valence-electron chi connectivity index (χ0n) is 13.5. The number of nitrogens with one attached hydrogen (secondary N) is 1. The summed E-state index contributed by atoms with van der Waals surface area (Å²) in [6, 6.07) is 8.37. The quantitative estimate of drug-likeness (QED) is 0.742. The van der Waals surface area contributed by atoms with Gasteiger partial charge in [-0.3, -0.25) is 0 Å². The van der Waals surface area contributed by atoms with Crippen LogP contribution in [0.25, 0.3) is 0 Å². The number of methoxy groups -OCH3 is 1. The second-order valence-corrected chi connectivity index (χ2v) is 5.08. The Morgan fingerprint density at radius 1 is 1.15 bits per heavy atom. The highest BCUT2D eigenvalue weighted by Gasteiger charge is 2.37. The van der Waals surface area contributed by atoms with Crippen molar-refractivity contribution in [1.29, 1.82) is 0 Å². The molecule has 0 aliphatic rings. The van der Waals surface area contributed by atoms with E-state index in [1.807, 2.05) is 19.2 Å². The average molecular weight is 279 g/mol. The van der Waals surface area contributed by atoms with Gasteiger partial charge in [-0.1, -0.05) is 39.0 Å². The standard InChI is InChI=1S/C17H29NO2/c1-6-13-20-15-12-10-9-11-14(15)16(18-4)17(7-2,8-3)19-5/h9-12,16,18H,6-8,13H2,1-5H3. The minimum atomic E-state index is -0.208. The lowest BCUT2D eigenvalue weighted by Gasteiger charge is -2.39. The first-order valence-electron chi connectivity index (χ1n) is 7.63. The fourth-order valence-electron chi connectivity index (χ4n) is 2.83. The third-order valence-electron chi connectivity index (χ3n) is 4.11. The van der Waals surface area contributed by atoms with Gasteiger partial charge in [-0.05, 0) is 32.4 Å². The molecule has 0 fully saturated rings. The first-order valence-corrected chi connectivity index (χ1v) is 7.63. The van der Waals surface area contributed by atoms with Crippen molar-refractivity contribution in [2.45, 2.75) is 51.7 Å². The van der Waals surface area contributed by atoms with Gasteiger partial charge in [-0.25, -0.2) is 0 Å². The number of ether oxygens (including phenoxy) is 2. The van der Waals surface area contributed by atoms with Gasteiger partial charge in [-0.15, -0.1) is 0 Å². The van der Waals surface area contributed by atoms with Crippen LogP contribution in [0.2, 0.25) is 0 Å². The summed E-state index contributed by atoms with van der Waals surface area (Å²) in [7, 11) is 3.78. The van der Waals surface area contributed by atoms with E-state index in [1.165, 1.54) is 5.56 Å². The second-order valence-electron chi connectivity index (χ2n) is 5.08. The van der Waals surface area contributed by atoms with Crippen LogP contribution in [0.15, 0.2) is 24.3 Å². The van der Waals surface area contributed by atoms with Crippen molar-refractivity contribution >= 4 is 0 Å². The van der Waals surface area contributed by atoms with Gasteiger partial charge in [0.2, 0.25) is 0 Å². The van der Waals surface area contributed by atoms with Crippen molar-refractivity contribution in [2.24, 2.45) is 0 Å². The fraction of sp³-hybridized carbons (Fsp3) is 0.647. The molecule has 3 heteroatoms. The molecule has 1 aromatic rings. The maximum absolute atomic E-state index is 5.90. The Balaban J connectivity index is 3.17. The van der Waals surface area contributed by atoms with Gasteiger partial charge < -0.3 is 14.8 Å². The number of hydrogen-bond donors (Lipinski definition) is 1. The van der Waals surface area contributed by atoms with Gasteiger partial charge in [0.1, 0.15) is 5.75 Å². The van der Waals surface area contributed by atoms with Gasteiger partial charge in [0.15, 0.2) is 0 Å². The molecule has 0 saturated carbocycles. The monoisotopic (exact) mass is 279 g/mol. The third-order valence-corrected chi connectivity index (χ3v) is 4.11. The molecule has 0 heterocycles. The van der Waals surface area contributed by atoms with Crippen molar-refractivity contribution in [2.75, 3.05) is 20.8 Å². The van der Waals surface area contributed by atoms with Gasteiger partial charge in [0, 0.05) is 12.7 Å². The number of hydrogen-bond acceptors (Lipinski definition) is 3. The third kappa shape index (κ3) is 3.53. The Hall–Kier alpha value is -1.06. The SMILES string of the molecule is CCCOc1ccccc1C(NC)C(CC)(CC)OC. The van der Waals surface area contributed by atoms with Crippen LogP contribution in [-0.4, -0.2) is 26.4 Å². The summed E-state index contributed by atoms with van der Waals surface area (Å²) in [5.74, 6) is 0.956. The molecule has 1 atom stereocenters. The van der Waals surface area contributed by atoms with E-state index in [2.05, 4.69) is 38.2 Å². The van der Waals surface area contributed by atoms with Gasteiger partial charge in [0.05, 0.1) is 18.2 Å².